The second-order valence-electron chi connectivity index (χ2n) is 3.73. The van der Waals surface area contributed by atoms with E-state index in [4.69, 9.17) is 23.8 Å². The van der Waals surface area contributed by atoms with Gasteiger partial charge in [0.2, 0.25) is 0 Å². The Kier molecular flexibility index (Phi) is 4.71. The van der Waals surface area contributed by atoms with Crippen LogP contribution in [0, 0.1) is 0 Å². The van der Waals surface area contributed by atoms with Crippen molar-refractivity contribution in [1.29, 1.82) is 0 Å². The molecule has 1 aromatic rings. The molecule has 4 heteroatoms. The summed E-state index contributed by atoms with van der Waals surface area (Å²) < 4.78 is 0. The SMILES string of the molecule is CCc1cccc(CC)c1CN(N)C(N)=S. The molecule has 0 heterocycles. The molecule has 0 aliphatic rings. The zero-order valence-electron chi connectivity index (χ0n) is 9.86. The van der Waals surface area contributed by atoms with Crippen LogP contribution in [0.25, 0.3) is 0 Å². The van der Waals surface area contributed by atoms with E-state index < -0.39 is 0 Å². The summed E-state index contributed by atoms with van der Waals surface area (Å²) in [5.74, 6) is 5.76. The van der Waals surface area contributed by atoms with E-state index >= 15 is 0 Å². The molecule has 0 amide bonds. The van der Waals surface area contributed by atoms with Gasteiger partial charge in [-0.05, 0) is 41.7 Å². The molecule has 0 fully saturated rings. The Labute approximate surface area is 102 Å². The maximum absolute atomic E-state index is 5.76. The highest BCUT2D eigenvalue weighted by Crippen LogP contribution is 2.17. The Balaban J connectivity index is 3.04. The summed E-state index contributed by atoms with van der Waals surface area (Å²) in [6.45, 7) is 4.86. The molecule has 88 valence electrons. The zero-order valence-corrected chi connectivity index (χ0v) is 10.7. The molecular weight excluding hydrogens is 218 g/mol. The van der Waals surface area contributed by atoms with Crippen molar-refractivity contribution in [1.82, 2.24) is 5.01 Å². The van der Waals surface area contributed by atoms with Crippen LogP contribution in [0.4, 0.5) is 0 Å². The van der Waals surface area contributed by atoms with Gasteiger partial charge >= 0.3 is 0 Å². The summed E-state index contributed by atoms with van der Waals surface area (Å²) in [4.78, 5) is 0. The lowest BCUT2D eigenvalue weighted by Crippen LogP contribution is -2.40. The fourth-order valence-corrected chi connectivity index (χ4v) is 1.87. The molecule has 16 heavy (non-hydrogen) atoms. The van der Waals surface area contributed by atoms with Crippen molar-refractivity contribution < 1.29 is 0 Å². The molecule has 0 aromatic heterocycles. The molecule has 4 N–H and O–H groups in total. The number of thiocarbonyl (C=S) groups is 1. The van der Waals surface area contributed by atoms with E-state index in [0.717, 1.165) is 12.8 Å². The summed E-state index contributed by atoms with van der Waals surface area (Å²) >= 11 is 4.86. The number of hydrogen-bond donors (Lipinski definition) is 2. The van der Waals surface area contributed by atoms with E-state index in [2.05, 4.69) is 32.0 Å². The number of rotatable bonds is 4. The molecule has 0 spiro atoms. The fourth-order valence-electron chi connectivity index (χ4n) is 1.80. The highest BCUT2D eigenvalue weighted by molar-refractivity contribution is 7.80. The molecule has 1 rings (SSSR count). The second kappa shape index (κ2) is 5.82. The van der Waals surface area contributed by atoms with Crippen LogP contribution in [-0.2, 0) is 19.4 Å². The minimum atomic E-state index is 0.230. The topological polar surface area (TPSA) is 55.3 Å². The molecule has 0 unspecified atom stereocenters. The third-order valence-electron chi connectivity index (χ3n) is 2.74. The van der Waals surface area contributed by atoms with E-state index in [0.29, 0.717) is 6.54 Å². The summed E-state index contributed by atoms with van der Waals surface area (Å²) in [5.41, 5.74) is 9.37. The Morgan fingerprint density at radius 1 is 1.25 bits per heavy atom. The van der Waals surface area contributed by atoms with Crippen LogP contribution in [0.15, 0.2) is 18.2 Å². The predicted molar refractivity (Wildman–Crippen MR) is 71.7 cm³/mol. The number of benzene rings is 1. The monoisotopic (exact) mass is 237 g/mol. The predicted octanol–water partition coefficient (Wildman–Crippen LogP) is 1.73. The lowest BCUT2D eigenvalue weighted by atomic mass is 9.97. The number of nitrogens with two attached hydrogens (primary N) is 2. The van der Waals surface area contributed by atoms with Crippen LogP contribution < -0.4 is 11.6 Å². The first-order chi connectivity index (χ1) is 7.60. The Hall–Kier alpha value is -1.13. The molecular formula is C12H19N3S. The van der Waals surface area contributed by atoms with Crippen molar-refractivity contribution in [2.75, 3.05) is 0 Å². The maximum Gasteiger partial charge on any atom is 0.180 e. The lowest BCUT2D eigenvalue weighted by Gasteiger charge is -2.20. The van der Waals surface area contributed by atoms with E-state index in [1.165, 1.54) is 21.7 Å². The largest absolute Gasteiger partial charge is 0.375 e. The Bertz CT molecular complexity index is 354. The average Bonchev–Trinajstić information content (AvgIpc) is 2.29. The molecule has 0 saturated heterocycles. The van der Waals surface area contributed by atoms with Gasteiger partial charge in [0.1, 0.15) is 0 Å². The van der Waals surface area contributed by atoms with Gasteiger partial charge in [0.05, 0.1) is 6.54 Å². The summed E-state index contributed by atoms with van der Waals surface area (Å²) in [6.07, 6.45) is 1.99. The average molecular weight is 237 g/mol. The lowest BCUT2D eigenvalue weighted by molar-refractivity contribution is 0.434. The van der Waals surface area contributed by atoms with Gasteiger partial charge < -0.3 is 5.73 Å². The van der Waals surface area contributed by atoms with Crippen LogP contribution in [0.3, 0.4) is 0 Å². The quantitative estimate of drug-likeness (QED) is 0.476. The van der Waals surface area contributed by atoms with Crippen LogP contribution >= 0.6 is 12.2 Å². The third kappa shape index (κ3) is 2.93. The molecule has 0 atom stereocenters. The van der Waals surface area contributed by atoms with Crippen molar-refractivity contribution in [3.8, 4) is 0 Å². The second-order valence-corrected chi connectivity index (χ2v) is 4.15. The van der Waals surface area contributed by atoms with Crippen molar-refractivity contribution in [2.45, 2.75) is 33.2 Å². The summed E-state index contributed by atoms with van der Waals surface area (Å²) in [5, 5.41) is 1.65. The third-order valence-corrected chi connectivity index (χ3v) is 2.98. The number of aryl methyl sites for hydroxylation is 2. The van der Waals surface area contributed by atoms with E-state index in [-0.39, 0.29) is 5.11 Å². The highest BCUT2D eigenvalue weighted by Gasteiger charge is 2.09. The van der Waals surface area contributed by atoms with Gasteiger partial charge in [0.25, 0.3) is 0 Å². The van der Waals surface area contributed by atoms with Gasteiger partial charge in [-0.3, -0.25) is 5.01 Å². The van der Waals surface area contributed by atoms with Gasteiger partial charge in [-0.25, -0.2) is 5.84 Å². The first-order valence-corrected chi connectivity index (χ1v) is 5.92. The van der Waals surface area contributed by atoms with Gasteiger partial charge in [-0.2, -0.15) is 0 Å². The van der Waals surface area contributed by atoms with Crippen LogP contribution in [0.5, 0.6) is 0 Å². The molecule has 0 radical (unpaired) electrons. The first-order valence-electron chi connectivity index (χ1n) is 5.51. The number of hydrazine groups is 1. The van der Waals surface area contributed by atoms with Crippen molar-refractivity contribution >= 4 is 17.3 Å². The van der Waals surface area contributed by atoms with Gasteiger partial charge in [0, 0.05) is 0 Å². The number of hydrogen-bond acceptors (Lipinski definition) is 2. The van der Waals surface area contributed by atoms with Crippen LogP contribution in [0.1, 0.15) is 30.5 Å². The highest BCUT2D eigenvalue weighted by atomic mass is 32.1. The number of nitrogens with zero attached hydrogens (tertiary/aromatic N) is 1. The normalized spacial score (nSPS) is 10.2. The fraction of sp³-hybridized carbons (Fsp3) is 0.417. The summed E-state index contributed by atoms with van der Waals surface area (Å²) in [7, 11) is 0. The molecule has 0 aliphatic heterocycles. The van der Waals surface area contributed by atoms with Crippen LogP contribution in [0.2, 0.25) is 0 Å². The van der Waals surface area contributed by atoms with Gasteiger partial charge in [0.15, 0.2) is 5.11 Å². The minimum Gasteiger partial charge on any atom is -0.375 e. The van der Waals surface area contributed by atoms with E-state index in [1.54, 1.807) is 0 Å². The standard InChI is InChI=1S/C12H19N3S/c1-3-9-6-5-7-10(4-2)11(9)8-15(14)12(13)16/h5-7H,3-4,8,14H2,1-2H3,(H2,13,16). The smallest absolute Gasteiger partial charge is 0.180 e. The van der Waals surface area contributed by atoms with Crippen molar-refractivity contribution in [2.24, 2.45) is 11.6 Å². The maximum atomic E-state index is 5.76. The minimum absolute atomic E-state index is 0.230. The Morgan fingerprint density at radius 2 is 1.75 bits per heavy atom. The molecule has 0 bridgehead atoms. The van der Waals surface area contributed by atoms with Crippen molar-refractivity contribution in [3.63, 3.8) is 0 Å². The molecule has 1 aromatic carbocycles. The molecule has 3 nitrogen and oxygen atoms in total. The molecule has 0 aliphatic carbocycles. The van der Waals surface area contributed by atoms with Gasteiger partial charge in [-0.15, -0.1) is 0 Å². The van der Waals surface area contributed by atoms with Crippen molar-refractivity contribution in [3.05, 3.63) is 34.9 Å². The van der Waals surface area contributed by atoms with Gasteiger partial charge in [-0.1, -0.05) is 32.0 Å². The van der Waals surface area contributed by atoms with E-state index in [9.17, 15) is 0 Å². The summed E-state index contributed by atoms with van der Waals surface area (Å²) in [6, 6.07) is 6.34. The molecule has 0 saturated carbocycles. The van der Waals surface area contributed by atoms with Crippen LogP contribution in [-0.4, -0.2) is 10.1 Å². The Morgan fingerprint density at radius 3 is 2.12 bits per heavy atom. The first kappa shape index (κ1) is 12.9. The van der Waals surface area contributed by atoms with E-state index in [1.807, 2.05) is 0 Å². The zero-order chi connectivity index (χ0) is 12.1.